The molecule has 2 fully saturated rings. The SMILES string of the molecule is CC(=O)N[C@H]1CO[C@@H]2COO[C@H]1[C@@H]2O. The zero-order chi connectivity index (χ0) is 10.1. The number of carbonyl (C=O) groups excluding carboxylic acids is 1. The van der Waals surface area contributed by atoms with Gasteiger partial charge in [-0.3, -0.25) is 4.79 Å². The third-order valence-electron chi connectivity index (χ3n) is 2.40. The maximum absolute atomic E-state index is 10.8. The van der Waals surface area contributed by atoms with Gasteiger partial charge in [-0.1, -0.05) is 0 Å². The Hall–Kier alpha value is -0.690. The normalized spacial score (nSPS) is 41.9. The molecule has 2 bridgehead atoms. The molecule has 6 heteroatoms. The van der Waals surface area contributed by atoms with Gasteiger partial charge in [-0.25, -0.2) is 9.78 Å². The van der Waals surface area contributed by atoms with Gasteiger partial charge in [-0.15, -0.1) is 0 Å². The number of amides is 1. The number of carbonyl (C=O) groups is 1. The second-order valence-electron chi connectivity index (χ2n) is 3.51. The molecule has 0 spiro atoms. The van der Waals surface area contributed by atoms with E-state index in [0.717, 1.165) is 0 Å². The second kappa shape index (κ2) is 3.82. The Balaban J connectivity index is 2.02. The van der Waals surface area contributed by atoms with Gasteiger partial charge in [0.2, 0.25) is 5.91 Å². The van der Waals surface area contributed by atoms with E-state index in [1.165, 1.54) is 6.92 Å². The zero-order valence-electron chi connectivity index (χ0n) is 7.80. The number of ether oxygens (including phenoxy) is 1. The predicted octanol–water partition coefficient (Wildman–Crippen LogP) is -1.42. The third-order valence-corrected chi connectivity index (χ3v) is 2.40. The van der Waals surface area contributed by atoms with Crippen molar-refractivity contribution in [1.29, 1.82) is 0 Å². The van der Waals surface area contributed by atoms with Gasteiger partial charge in [0.1, 0.15) is 24.9 Å². The van der Waals surface area contributed by atoms with Gasteiger partial charge >= 0.3 is 0 Å². The highest BCUT2D eigenvalue weighted by Crippen LogP contribution is 2.23. The molecule has 2 heterocycles. The largest absolute Gasteiger partial charge is 0.387 e. The number of aliphatic hydroxyl groups excluding tert-OH is 1. The summed E-state index contributed by atoms with van der Waals surface area (Å²) >= 11 is 0. The summed E-state index contributed by atoms with van der Waals surface area (Å²) in [6, 6.07) is -0.348. The van der Waals surface area contributed by atoms with Gasteiger partial charge < -0.3 is 15.2 Å². The lowest BCUT2D eigenvalue weighted by molar-refractivity contribution is -0.406. The fraction of sp³-hybridized carbons (Fsp3) is 0.875. The van der Waals surface area contributed by atoms with Crippen LogP contribution in [0.25, 0.3) is 0 Å². The predicted molar refractivity (Wildman–Crippen MR) is 44.2 cm³/mol. The quantitative estimate of drug-likeness (QED) is 0.511. The lowest BCUT2D eigenvalue weighted by Crippen LogP contribution is -2.63. The van der Waals surface area contributed by atoms with Gasteiger partial charge in [0, 0.05) is 6.92 Å². The molecule has 0 saturated carbocycles. The molecule has 0 radical (unpaired) electrons. The minimum absolute atomic E-state index is 0.182. The van der Waals surface area contributed by atoms with E-state index in [4.69, 9.17) is 14.5 Å². The smallest absolute Gasteiger partial charge is 0.217 e. The molecule has 0 unspecified atom stereocenters. The lowest BCUT2D eigenvalue weighted by atomic mass is 9.98. The van der Waals surface area contributed by atoms with E-state index in [9.17, 15) is 9.90 Å². The number of nitrogens with one attached hydrogen (secondary N) is 1. The standard InChI is InChI=1S/C8H13NO5/c1-4(10)9-5-2-12-6-3-13-14-8(5)7(6)11/h5-8,11H,2-3H2,1H3,(H,9,10)/t5-,6+,7+,8+/m0/s1. The number of fused-ring (bicyclic) bond motifs is 2. The second-order valence-corrected chi connectivity index (χ2v) is 3.51. The monoisotopic (exact) mass is 203 g/mol. The average Bonchev–Trinajstić information content (AvgIpc) is 2.09. The van der Waals surface area contributed by atoms with Crippen LogP contribution in [0.15, 0.2) is 0 Å². The van der Waals surface area contributed by atoms with Crippen molar-refractivity contribution >= 4 is 5.91 Å². The first kappa shape index (κ1) is 9.85. The Morgan fingerprint density at radius 3 is 3.00 bits per heavy atom. The fourth-order valence-electron chi connectivity index (χ4n) is 1.71. The first-order chi connectivity index (χ1) is 6.68. The summed E-state index contributed by atoms with van der Waals surface area (Å²) in [7, 11) is 0. The number of hydrogen-bond acceptors (Lipinski definition) is 5. The molecule has 6 nitrogen and oxygen atoms in total. The van der Waals surface area contributed by atoms with Crippen molar-refractivity contribution in [3.05, 3.63) is 0 Å². The first-order valence-corrected chi connectivity index (χ1v) is 4.53. The van der Waals surface area contributed by atoms with E-state index in [0.29, 0.717) is 6.61 Å². The van der Waals surface area contributed by atoms with E-state index in [1.807, 2.05) is 0 Å². The van der Waals surface area contributed by atoms with Crippen LogP contribution < -0.4 is 5.32 Å². The van der Waals surface area contributed by atoms with E-state index >= 15 is 0 Å². The third kappa shape index (κ3) is 1.74. The molecule has 2 aliphatic heterocycles. The van der Waals surface area contributed by atoms with Crippen molar-refractivity contribution in [3.63, 3.8) is 0 Å². The molecule has 1 amide bonds. The fourth-order valence-corrected chi connectivity index (χ4v) is 1.71. The van der Waals surface area contributed by atoms with Crippen LogP contribution in [0.5, 0.6) is 0 Å². The minimum Gasteiger partial charge on any atom is -0.387 e. The van der Waals surface area contributed by atoms with Crippen LogP contribution in [0, 0.1) is 0 Å². The molecule has 2 N–H and O–H groups in total. The van der Waals surface area contributed by atoms with Gasteiger partial charge in [-0.05, 0) is 0 Å². The van der Waals surface area contributed by atoms with E-state index in [-0.39, 0.29) is 24.7 Å². The molecule has 2 rings (SSSR count). The van der Waals surface area contributed by atoms with E-state index in [1.54, 1.807) is 0 Å². The summed E-state index contributed by atoms with van der Waals surface area (Å²) in [5, 5.41) is 12.3. The minimum atomic E-state index is -0.741. The van der Waals surface area contributed by atoms with Crippen molar-refractivity contribution in [2.24, 2.45) is 0 Å². The summed E-state index contributed by atoms with van der Waals surface area (Å²) < 4.78 is 5.30. The molecular formula is C8H13NO5. The molecule has 80 valence electrons. The first-order valence-electron chi connectivity index (χ1n) is 4.53. The number of aliphatic hydroxyl groups is 1. The maximum Gasteiger partial charge on any atom is 0.217 e. The molecule has 0 aromatic carbocycles. The Morgan fingerprint density at radius 2 is 2.29 bits per heavy atom. The van der Waals surface area contributed by atoms with Crippen LogP contribution in [0.3, 0.4) is 0 Å². The molecular weight excluding hydrogens is 190 g/mol. The van der Waals surface area contributed by atoms with Crippen LogP contribution in [-0.2, 0) is 19.3 Å². The Labute approximate surface area is 81.1 Å². The lowest BCUT2D eigenvalue weighted by Gasteiger charge is -2.42. The van der Waals surface area contributed by atoms with Crippen molar-refractivity contribution in [1.82, 2.24) is 5.32 Å². The van der Waals surface area contributed by atoms with Gasteiger partial charge in [0.15, 0.2) is 0 Å². The highest BCUT2D eigenvalue weighted by molar-refractivity contribution is 5.73. The summed E-state index contributed by atoms with van der Waals surface area (Å²) in [6.07, 6.45) is -1.63. The van der Waals surface area contributed by atoms with Crippen molar-refractivity contribution in [3.8, 4) is 0 Å². The summed E-state index contributed by atoms with van der Waals surface area (Å²) in [5.74, 6) is -0.182. The number of rotatable bonds is 1. The van der Waals surface area contributed by atoms with E-state index in [2.05, 4.69) is 5.32 Å². The summed E-state index contributed by atoms with van der Waals surface area (Å²) in [6.45, 7) is 1.97. The highest BCUT2D eigenvalue weighted by atomic mass is 17.2. The van der Waals surface area contributed by atoms with Gasteiger partial charge in [0.25, 0.3) is 0 Å². The summed E-state index contributed by atoms with van der Waals surface area (Å²) in [4.78, 5) is 20.5. The summed E-state index contributed by atoms with van der Waals surface area (Å²) in [5.41, 5.74) is 0. The number of hydrogen-bond donors (Lipinski definition) is 2. The van der Waals surface area contributed by atoms with Crippen molar-refractivity contribution in [2.45, 2.75) is 31.3 Å². The molecule has 0 aromatic rings. The van der Waals surface area contributed by atoms with Crippen molar-refractivity contribution in [2.75, 3.05) is 13.2 Å². The Bertz CT molecular complexity index is 234. The van der Waals surface area contributed by atoms with E-state index < -0.39 is 12.2 Å². The molecule has 14 heavy (non-hydrogen) atoms. The Kier molecular flexibility index (Phi) is 2.69. The van der Waals surface area contributed by atoms with Crippen molar-refractivity contribution < 1.29 is 24.4 Å². The molecule has 4 atom stereocenters. The molecule has 0 aliphatic carbocycles. The van der Waals surface area contributed by atoms with Crippen LogP contribution in [0.2, 0.25) is 0 Å². The van der Waals surface area contributed by atoms with Crippen LogP contribution in [0.4, 0.5) is 0 Å². The van der Waals surface area contributed by atoms with Gasteiger partial charge in [0.05, 0.1) is 12.6 Å². The highest BCUT2D eigenvalue weighted by Gasteiger charge is 2.44. The Morgan fingerprint density at radius 1 is 1.50 bits per heavy atom. The molecule has 2 saturated heterocycles. The molecule has 0 aromatic heterocycles. The van der Waals surface area contributed by atoms with Crippen LogP contribution in [0.1, 0.15) is 6.92 Å². The average molecular weight is 203 g/mol. The molecule has 2 aliphatic rings. The zero-order valence-corrected chi connectivity index (χ0v) is 7.80. The van der Waals surface area contributed by atoms with Crippen LogP contribution >= 0.6 is 0 Å². The van der Waals surface area contributed by atoms with Crippen LogP contribution in [-0.4, -0.2) is 48.6 Å². The maximum atomic E-state index is 10.8. The van der Waals surface area contributed by atoms with Gasteiger partial charge in [-0.2, -0.15) is 0 Å². The topological polar surface area (TPSA) is 77.0 Å².